The van der Waals surface area contributed by atoms with Crippen LogP contribution in [0.2, 0.25) is 0 Å². The van der Waals surface area contributed by atoms with Gasteiger partial charge in [-0.05, 0) is 25.7 Å². The standard InChI is InChI=1S/C16H25N5O3/c1-20-10-12(9-18-20)21-6-2-3-13(14(21)22)19-15(23)16(11-17)4-7-24-8-5-16/h9-10,13H,2-8,11,17H2,1H3,(H,19,23). The number of aromatic nitrogens is 2. The fraction of sp³-hybridized carbons (Fsp3) is 0.688. The minimum atomic E-state index is -0.616. The van der Waals surface area contributed by atoms with Crippen molar-refractivity contribution in [1.29, 1.82) is 0 Å². The van der Waals surface area contributed by atoms with E-state index in [9.17, 15) is 9.59 Å². The highest BCUT2D eigenvalue weighted by atomic mass is 16.5. The highest BCUT2D eigenvalue weighted by molar-refractivity contribution is 6.00. The summed E-state index contributed by atoms with van der Waals surface area (Å²) in [6.07, 6.45) is 6.16. The second kappa shape index (κ2) is 6.90. The number of nitrogens with two attached hydrogens (primary N) is 1. The van der Waals surface area contributed by atoms with Gasteiger partial charge in [0, 0.05) is 39.5 Å². The predicted molar refractivity (Wildman–Crippen MR) is 88.3 cm³/mol. The second-order valence-corrected chi connectivity index (χ2v) is 6.63. The lowest BCUT2D eigenvalue weighted by molar-refractivity contribution is -0.139. The number of anilines is 1. The molecule has 24 heavy (non-hydrogen) atoms. The van der Waals surface area contributed by atoms with Crippen LogP contribution in [0, 0.1) is 5.41 Å². The molecule has 0 radical (unpaired) electrons. The van der Waals surface area contributed by atoms with Crippen LogP contribution < -0.4 is 16.0 Å². The molecule has 3 heterocycles. The van der Waals surface area contributed by atoms with E-state index in [4.69, 9.17) is 10.5 Å². The fourth-order valence-electron chi connectivity index (χ4n) is 3.41. The van der Waals surface area contributed by atoms with E-state index in [0.29, 0.717) is 39.0 Å². The van der Waals surface area contributed by atoms with Crippen molar-refractivity contribution in [2.75, 3.05) is 31.2 Å². The highest BCUT2D eigenvalue weighted by Crippen LogP contribution is 2.30. The van der Waals surface area contributed by atoms with Crippen LogP contribution in [0.4, 0.5) is 5.69 Å². The van der Waals surface area contributed by atoms with Crippen LogP contribution >= 0.6 is 0 Å². The quantitative estimate of drug-likeness (QED) is 0.792. The normalized spacial score (nSPS) is 24.0. The number of piperidine rings is 1. The van der Waals surface area contributed by atoms with Gasteiger partial charge in [-0.2, -0.15) is 5.10 Å². The third-order valence-electron chi connectivity index (χ3n) is 5.07. The van der Waals surface area contributed by atoms with Gasteiger partial charge in [0.15, 0.2) is 0 Å². The molecule has 132 valence electrons. The lowest BCUT2D eigenvalue weighted by Crippen LogP contribution is -2.57. The fourth-order valence-corrected chi connectivity index (χ4v) is 3.41. The van der Waals surface area contributed by atoms with Crippen molar-refractivity contribution in [3.05, 3.63) is 12.4 Å². The summed E-state index contributed by atoms with van der Waals surface area (Å²) in [6.45, 7) is 1.98. The van der Waals surface area contributed by atoms with E-state index in [2.05, 4.69) is 10.4 Å². The Morgan fingerprint density at radius 3 is 2.88 bits per heavy atom. The molecular formula is C16H25N5O3. The van der Waals surface area contributed by atoms with Crippen molar-refractivity contribution in [1.82, 2.24) is 15.1 Å². The van der Waals surface area contributed by atoms with E-state index in [0.717, 1.165) is 12.1 Å². The van der Waals surface area contributed by atoms with Gasteiger partial charge in [-0.1, -0.05) is 0 Å². The molecule has 2 amide bonds. The van der Waals surface area contributed by atoms with Gasteiger partial charge in [0.2, 0.25) is 11.8 Å². The summed E-state index contributed by atoms with van der Waals surface area (Å²) in [7, 11) is 1.81. The van der Waals surface area contributed by atoms with Crippen molar-refractivity contribution in [3.63, 3.8) is 0 Å². The monoisotopic (exact) mass is 335 g/mol. The molecule has 0 aliphatic carbocycles. The molecule has 1 aromatic rings. The van der Waals surface area contributed by atoms with Gasteiger partial charge in [-0.15, -0.1) is 0 Å². The highest BCUT2D eigenvalue weighted by Gasteiger charge is 2.41. The molecule has 2 aliphatic heterocycles. The van der Waals surface area contributed by atoms with Crippen LogP contribution in [-0.4, -0.2) is 53.9 Å². The molecule has 0 saturated carbocycles. The van der Waals surface area contributed by atoms with Crippen molar-refractivity contribution >= 4 is 17.5 Å². The molecule has 0 aromatic carbocycles. The smallest absolute Gasteiger partial charge is 0.249 e. The Labute approximate surface area is 141 Å². The molecule has 2 saturated heterocycles. The summed E-state index contributed by atoms with van der Waals surface area (Å²) in [5.41, 5.74) is 6.03. The first-order valence-corrected chi connectivity index (χ1v) is 8.44. The van der Waals surface area contributed by atoms with Gasteiger partial charge in [-0.25, -0.2) is 0 Å². The molecule has 3 N–H and O–H groups in total. The van der Waals surface area contributed by atoms with Crippen molar-refractivity contribution in [2.45, 2.75) is 31.7 Å². The maximum atomic E-state index is 12.8. The number of carbonyl (C=O) groups is 2. The summed E-state index contributed by atoms with van der Waals surface area (Å²) < 4.78 is 7.01. The first kappa shape index (κ1) is 16.9. The summed E-state index contributed by atoms with van der Waals surface area (Å²) in [5.74, 6) is -0.207. The maximum absolute atomic E-state index is 12.8. The van der Waals surface area contributed by atoms with Crippen LogP contribution in [0.5, 0.6) is 0 Å². The number of hydrogen-bond donors (Lipinski definition) is 2. The number of aryl methyl sites for hydroxylation is 1. The molecule has 3 rings (SSSR count). The molecular weight excluding hydrogens is 310 g/mol. The van der Waals surface area contributed by atoms with E-state index in [-0.39, 0.29) is 18.4 Å². The van der Waals surface area contributed by atoms with Crippen LogP contribution in [0.15, 0.2) is 12.4 Å². The van der Waals surface area contributed by atoms with Crippen LogP contribution in [0.25, 0.3) is 0 Å². The third-order valence-corrected chi connectivity index (χ3v) is 5.07. The lowest BCUT2D eigenvalue weighted by atomic mass is 9.79. The lowest BCUT2D eigenvalue weighted by Gasteiger charge is -2.37. The maximum Gasteiger partial charge on any atom is 0.249 e. The van der Waals surface area contributed by atoms with E-state index < -0.39 is 11.5 Å². The Kier molecular flexibility index (Phi) is 4.86. The van der Waals surface area contributed by atoms with Crippen molar-refractivity contribution in [2.24, 2.45) is 18.2 Å². The minimum absolute atomic E-state index is 0.0816. The number of amides is 2. The number of hydrogen-bond acceptors (Lipinski definition) is 5. The molecule has 8 heteroatoms. The largest absolute Gasteiger partial charge is 0.381 e. The molecule has 2 fully saturated rings. The van der Waals surface area contributed by atoms with Crippen molar-refractivity contribution in [3.8, 4) is 0 Å². The van der Waals surface area contributed by atoms with Crippen LogP contribution in [0.3, 0.4) is 0 Å². The number of nitrogens with zero attached hydrogens (tertiary/aromatic N) is 3. The Morgan fingerprint density at radius 1 is 1.50 bits per heavy atom. The first-order valence-electron chi connectivity index (χ1n) is 8.44. The molecule has 0 bridgehead atoms. The van der Waals surface area contributed by atoms with Gasteiger partial charge >= 0.3 is 0 Å². The average Bonchev–Trinajstić information content (AvgIpc) is 3.03. The summed E-state index contributed by atoms with van der Waals surface area (Å²) in [5, 5.41) is 7.06. The Balaban J connectivity index is 1.70. The van der Waals surface area contributed by atoms with E-state index >= 15 is 0 Å². The topological polar surface area (TPSA) is 102 Å². The zero-order valence-electron chi connectivity index (χ0n) is 14.0. The van der Waals surface area contributed by atoms with Crippen LogP contribution in [0.1, 0.15) is 25.7 Å². The number of ether oxygens (including phenoxy) is 1. The van der Waals surface area contributed by atoms with Gasteiger partial charge < -0.3 is 20.7 Å². The number of nitrogens with one attached hydrogen (secondary N) is 1. The molecule has 2 aliphatic rings. The number of carbonyl (C=O) groups excluding carboxylic acids is 2. The molecule has 8 nitrogen and oxygen atoms in total. The Hall–Kier alpha value is -1.93. The summed E-state index contributed by atoms with van der Waals surface area (Å²) >= 11 is 0. The Morgan fingerprint density at radius 2 is 2.25 bits per heavy atom. The second-order valence-electron chi connectivity index (χ2n) is 6.63. The van der Waals surface area contributed by atoms with E-state index in [1.54, 1.807) is 15.8 Å². The zero-order valence-corrected chi connectivity index (χ0v) is 14.0. The summed E-state index contributed by atoms with van der Waals surface area (Å²) in [4.78, 5) is 27.2. The predicted octanol–water partition coefficient (Wildman–Crippen LogP) is -0.213. The molecule has 1 aromatic heterocycles. The first-order chi connectivity index (χ1) is 11.6. The van der Waals surface area contributed by atoms with Gasteiger partial charge in [-0.3, -0.25) is 14.3 Å². The van der Waals surface area contributed by atoms with E-state index in [1.165, 1.54) is 0 Å². The molecule has 0 spiro atoms. The Bertz CT molecular complexity index is 609. The minimum Gasteiger partial charge on any atom is -0.381 e. The van der Waals surface area contributed by atoms with E-state index in [1.807, 2.05) is 13.2 Å². The number of rotatable bonds is 4. The van der Waals surface area contributed by atoms with Crippen molar-refractivity contribution < 1.29 is 14.3 Å². The SMILES string of the molecule is Cn1cc(N2CCCC(NC(=O)C3(CN)CCOCC3)C2=O)cn1. The molecule has 1 atom stereocenters. The van der Waals surface area contributed by atoms with Crippen LogP contribution in [-0.2, 0) is 21.4 Å². The van der Waals surface area contributed by atoms with Gasteiger partial charge in [0.25, 0.3) is 0 Å². The van der Waals surface area contributed by atoms with Gasteiger partial charge in [0.05, 0.1) is 17.3 Å². The average molecular weight is 335 g/mol. The third kappa shape index (κ3) is 3.16. The molecule has 1 unspecified atom stereocenters. The summed E-state index contributed by atoms with van der Waals surface area (Å²) in [6, 6.07) is -0.502. The zero-order chi connectivity index (χ0) is 17.2. The van der Waals surface area contributed by atoms with Gasteiger partial charge in [0.1, 0.15) is 6.04 Å².